The van der Waals surface area contributed by atoms with Gasteiger partial charge in [-0.25, -0.2) is 0 Å². The Balaban J connectivity index is 1.08. The van der Waals surface area contributed by atoms with Gasteiger partial charge in [0.25, 0.3) is 0 Å². The van der Waals surface area contributed by atoms with E-state index in [0.29, 0.717) is 22.7 Å². The van der Waals surface area contributed by atoms with Crippen LogP contribution in [-0.4, -0.2) is 30.8 Å². The number of nitrogens with zero attached hydrogens (tertiary/aromatic N) is 6. The molecule has 0 aliphatic carbocycles. The van der Waals surface area contributed by atoms with Gasteiger partial charge in [-0.2, -0.15) is 5.10 Å². The minimum atomic E-state index is -0.435. The van der Waals surface area contributed by atoms with E-state index >= 15 is 0 Å². The normalized spacial score (nSPS) is 13.6. The summed E-state index contributed by atoms with van der Waals surface area (Å²) in [5, 5.41) is 5.13. The fourth-order valence-electron chi connectivity index (χ4n) is 9.54. The van der Waals surface area contributed by atoms with Gasteiger partial charge in [-0.1, -0.05) is 30.3 Å². The van der Waals surface area contributed by atoms with Gasteiger partial charge in [0.05, 0.1) is 5.69 Å². The molecule has 0 saturated carbocycles. The summed E-state index contributed by atoms with van der Waals surface area (Å²) in [7, 11) is 0. The van der Waals surface area contributed by atoms with E-state index in [4.69, 9.17) is 18.9 Å². The van der Waals surface area contributed by atoms with Crippen LogP contribution in [0.3, 0.4) is 0 Å². The number of rotatable bonds is 8. The first-order valence-corrected chi connectivity index (χ1v) is 24.8. The molecule has 3 aromatic heterocycles. The molecule has 9 heteroatoms. The second kappa shape index (κ2) is 17.6. The van der Waals surface area contributed by atoms with Gasteiger partial charge in [-0.3, -0.25) is 0 Å². The summed E-state index contributed by atoms with van der Waals surface area (Å²) in [6.45, 7) is 17.3. The van der Waals surface area contributed by atoms with Crippen LogP contribution in [0.15, 0.2) is 188 Å². The summed E-state index contributed by atoms with van der Waals surface area (Å²) < 4.78 is 58.8. The molecule has 0 saturated heterocycles. The molecule has 0 atom stereocenters. The maximum atomic E-state index is 9.29. The van der Waals surface area contributed by atoms with Gasteiger partial charge >= 0.3 is 360 Å². The molecular weight excluding hydrogens is 1040 g/mol. The van der Waals surface area contributed by atoms with Crippen LogP contribution in [-0.2, 0) is 30.2 Å². The van der Waals surface area contributed by atoms with E-state index in [2.05, 4.69) is 172 Å². The van der Waals surface area contributed by atoms with Crippen molar-refractivity contribution in [2.45, 2.75) is 66.1 Å². The van der Waals surface area contributed by atoms with E-state index in [1.165, 1.54) is 11.1 Å². The summed E-state index contributed by atoms with van der Waals surface area (Å²) in [6, 6.07) is 49.8. The first kappa shape index (κ1) is 39.6. The predicted octanol–water partition coefficient (Wildman–Crippen LogP) is 15.6. The van der Waals surface area contributed by atoms with Crippen LogP contribution in [0.4, 0.5) is 11.5 Å². The summed E-state index contributed by atoms with van der Waals surface area (Å²) in [4.78, 5) is 7.07. The number of fused-ring (bicyclic) bond motifs is 4. The Hall–Kier alpha value is -7.28. The topological polar surface area (TPSA) is 53.0 Å². The molecule has 0 N–H and O–H groups in total. The minimum absolute atomic E-state index is 0.133. The van der Waals surface area contributed by atoms with E-state index in [1.54, 1.807) is 0 Å². The van der Waals surface area contributed by atoms with Crippen molar-refractivity contribution in [3.63, 3.8) is 0 Å². The van der Waals surface area contributed by atoms with Gasteiger partial charge in [-0.05, 0) is 18.6 Å². The Morgan fingerprint density at radius 3 is 1.96 bits per heavy atom. The third-order valence-corrected chi connectivity index (χ3v) is 14.2. The van der Waals surface area contributed by atoms with E-state index < -0.39 is 6.04 Å². The van der Waals surface area contributed by atoms with Gasteiger partial charge in [0.15, 0.2) is 0 Å². The molecule has 10 aromatic rings. The first-order valence-electron chi connectivity index (χ1n) is 26.1. The number of pyridine rings is 1. The Labute approximate surface area is 429 Å². The van der Waals surface area contributed by atoms with E-state index in [-0.39, 0.29) is 47.5 Å². The van der Waals surface area contributed by atoms with E-state index in [9.17, 15) is 2.74 Å². The van der Waals surface area contributed by atoms with Crippen molar-refractivity contribution < 1.29 is 30.9 Å². The standard InChI is InChI=1S/C61H55BN6O.Pt/c1-41-31-32-63-58(33-41)67-56-38-49(29-30-52(56)57-39-53(64-68(57)62(67)8)43-21-13-10-14-22-43)69-48-24-17-23-47(37-48)65-40-66(55-28-16-15-27-54(55)65)59-50(42-19-11-9-12-20-42)25-18-26-51(59)44-34-45(60(2,3)4)36-46(35-44)61(5,6)7;/h9-39H,1-8H3;/i9D,11D,12D,19D,20D;. The number of hydrogen-bond acceptors (Lipinski definition) is 4. The molecule has 11 rings (SSSR count). The van der Waals surface area contributed by atoms with E-state index in [1.807, 2.05) is 79.0 Å². The SMILES string of the molecule is [2H]c1c([2H])c([2H])c(-c2cccc(-c3cc(C(C)(C)C)cc(C(C)(C)C)c3)c2-n2[c](=[Pt])n(-c3cccc(Oc4ccc5c(c4)N(c4cc(C)ccn4)B(C)n4nc(-c6ccccc6)cc4-5)c3)c3ccccc32)c([2H])c1[2H]. The Kier molecular flexibility index (Phi) is 9.94. The van der Waals surface area contributed by atoms with Crippen molar-refractivity contribution in [2.24, 2.45) is 0 Å². The van der Waals surface area contributed by atoms with Crippen LogP contribution >= 0.6 is 0 Å². The molecular formula is C61H55BN6OPt. The van der Waals surface area contributed by atoms with Crippen LogP contribution in [0.2, 0.25) is 6.82 Å². The molecule has 0 bridgehead atoms. The van der Waals surface area contributed by atoms with Gasteiger partial charge in [0.2, 0.25) is 0 Å². The molecule has 1 aliphatic rings. The number of para-hydroxylation sites is 3. The molecule has 70 heavy (non-hydrogen) atoms. The first-order chi connectivity index (χ1) is 35.8. The van der Waals surface area contributed by atoms with Gasteiger partial charge < -0.3 is 0 Å². The number of ether oxygens (including phenoxy) is 1. The molecule has 4 heterocycles. The third-order valence-electron chi connectivity index (χ3n) is 13.2. The molecule has 348 valence electrons. The fourth-order valence-corrected chi connectivity index (χ4v) is 10.6. The van der Waals surface area contributed by atoms with Crippen molar-refractivity contribution in [1.82, 2.24) is 23.8 Å². The van der Waals surface area contributed by atoms with Crippen molar-refractivity contribution in [1.29, 1.82) is 0 Å². The zero-order chi connectivity index (χ0) is 52.8. The number of aromatic nitrogens is 5. The third kappa shape index (κ3) is 8.18. The van der Waals surface area contributed by atoms with Gasteiger partial charge in [0.1, 0.15) is 0 Å². The van der Waals surface area contributed by atoms with Gasteiger partial charge in [-0.15, -0.1) is 0 Å². The molecule has 0 amide bonds. The molecule has 0 unspecified atom stereocenters. The zero-order valence-electron chi connectivity index (χ0n) is 45.5. The van der Waals surface area contributed by atoms with Crippen LogP contribution in [0.25, 0.3) is 67.2 Å². The van der Waals surface area contributed by atoms with Crippen LogP contribution in [0, 0.1) is 10.7 Å². The Morgan fingerprint density at radius 2 is 1.26 bits per heavy atom. The monoisotopic (exact) mass is 1100 g/mol. The fraction of sp³-hybridized carbons (Fsp3) is 0.164. The van der Waals surface area contributed by atoms with Crippen LogP contribution in [0.5, 0.6) is 11.5 Å². The number of aryl methyl sites for hydroxylation is 1. The van der Waals surface area contributed by atoms with Gasteiger partial charge in [0, 0.05) is 11.8 Å². The molecule has 7 aromatic carbocycles. The molecule has 1 aliphatic heterocycles. The molecule has 0 radical (unpaired) electrons. The summed E-state index contributed by atoms with van der Waals surface area (Å²) >= 11 is 2.37. The molecule has 7 nitrogen and oxygen atoms in total. The van der Waals surface area contributed by atoms with Crippen molar-refractivity contribution in [2.75, 3.05) is 4.81 Å². The number of hydrogen-bond donors (Lipinski definition) is 0. The average Bonchev–Trinajstić information content (AvgIpc) is 3.97. The van der Waals surface area contributed by atoms with Crippen LogP contribution in [0.1, 0.15) is 65.1 Å². The molecule has 0 spiro atoms. The second-order valence-electron chi connectivity index (χ2n) is 20.1. The molecule has 0 fully saturated rings. The quantitative estimate of drug-likeness (QED) is 0.142. The Bertz CT molecular complexity index is 3920. The number of benzene rings is 7. The summed E-state index contributed by atoms with van der Waals surface area (Å²) in [5.74, 6) is 2.08. The van der Waals surface area contributed by atoms with Crippen molar-refractivity contribution in [3.05, 3.63) is 209 Å². The summed E-state index contributed by atoms with van der Waals surface area (Å²) in [5.41, 5.74) is 13.7. The summed E-state index contributed by atoms with van der Waals surface area (Å²) in [6.07, 6.45) is 1.84. The van der Waals surface area contributed by atoms with Crippen molar-refractivity contribution >= 4 is 29.5 Å². The predicted molar refractivity (Wildman–Crippen MR) is 285 cm³/mol. The van der Waals surface area contributed by atoms with Crippen LogP contribution < -0.4 is 9.55 Å². The second-order valence-corrected chi connectivity index (χ2v) is 21.1. The average molecular weight is 1100 g/mol. The number of anilines is 2. The maximum absolute atomic E-state index is 9.29. The van der Waals surface area contributed by atoms with E-state index in [0.717, 1.165) is 71.2 Å². The Morgan fingerprint density at radius 1 is 0.600 bits per heavy atom. The number of imidazole rings is 1. The zero-order valence-corrected chi connectivity index (χ0v) is 42.8. The van der Waals surface area contributed by atoms with Crippen molar-refractivity contribution in [3.8, 4) is 67.6 Å².